The van der Waals surface area contributed by atoms with Crippen molar-refractivity contribution in [3.05, 3.63) is 34.7 Å². The van der Waals surface area contributed by atoms with Crippen molar-refractivity contribution in [1.82, 2.24) is 14.8 Å². The van der Waals surface area contributed by atoms with Crippen LogP contribution in [0.3, 0.4) is 0 Å². The Balaban J connectivity index is 0.00000210. The number of amides is 1. The molecule has 4 rings (SSSR count). The van der Waals surface area contributed by atoms with E-state index >= 15 is 0 Å². The molecule has 1 aromatic carbocycles. The number of rotatable bonds is 4. The Hall–Kier alpha value is -2.25. The number of aromatic nitrogens is 1. The first kappa shape index (κ1) is 19.5. The van der Waals surface area contributed by atoms with Gasteiger partial charge in [0.1, 0.15) is 6.54 Å². The molecule has 3 heterocycles. The standard InChI is InChI=1S/C19H23N3O4.ClH/c1-25-16-4-3-14-13(18(16)26-2)6-7-21(19(14)24)11-17(23)22-8-5-12-9-20-10-15(12)22;/h3-4,6-7,12,15,20H,5,8-11H2,1-2H3;1H/t12-,15+;/m0./s1. The van der Waals surface area contributed by atoms with Gasteiger partial charge >= 0.3 is 0 Å². The maximum atomic E-state index is 12.9. The normalized spacial score (nSPS) is 21.0. The molecule has 0 saturated carbocycles. The molecular formula is C19H24ClN3O4. The van der Waals surface area contributed by atoms with E-state index in [0.717, 1.165) is 26.1 Å². The Morgan fingerprint density at radius 2 is 2.00 bits per heavy atom. The lowest BCUT2D eigenvalue weighted by molar-refractivity contribution is -0.132. The fourth-order valence-corrected chi connectivity index (χ4v) is 4.21. The molecule has 7 nitrogen and oxygen atoms in total. The van der Waals surface area contributed by atoms with Crippen molar-refractivity contribution in [2.75, 3.05) is 33.9 Å². The number of hydrogen-bond donors (Lipinski definition) is 1. The monoisotopic (exact) mass is 393 g/mol. The topological polar surface area (TPSA) is 72.8 Å². The highest BCUT2D eigenvalue weighted by molar-refractivity contribution is 5.90. The Morgan fingerprint density at radius 1 is 1.19 bits per heavy atom. The number of ether oxygens (including phenoxy) is 2. The quantitative estimate of drug-likeness (QED) is 0.846. The molecule has 0 radical (unpaired) electrons. The van der Waals surface area contributed by atoms with Crippen LogP contribution in [0.1, 0.15) is 6.42 Å². The number of carbonyl (C=O) groups excluding carboxylic acids is 1. The molecule has 8 heteroatoms. The minimum atomic E-state index is -0.197. The Labute approximate surface area is 163 Å². The lowest BCUT2D eigenvalue weighted by Gasteiger charge is -2.24. The maximum Gasteiger partial charge on any atom is 0.259 e. The number of pyridine rings is 1. The van der Waals surface area contributed by atoms with Crippen molar-refractivity contribution >= 4 is 29.1 Å². The highest BCUT2D eigenvalue weighted by Crippen LogP contribution is 2.34. The van der Waals surface area contributed by atoms with Crippen LogP contribution in [0.2, 0.25) is 0 Å². The average Bonchev–Trinajstić information content (AvgIpc) is 3.26. The Kier molecular flexibility index (Phi) is 5.62. The molecule has 2 atom stereocenters. The van der Waals surface area contributed by atoms with Gasteiger partial charge in [0.2, 0.25) is 5.91 Å². The summed E-state index contributed by atoms with van der Waals surface area (Å²) in [6, 6.07) is 5.49. The number of halogens is 1. The largest absolute Gasteiger partial charge is 0.493 e. The number of likely N-dealkylation sites (tertiary alicyclic amines) is 1. The summed E-state index contributed by atoms with van der Waals surface area (Å²) < 4.78 is 12.2. The van der Waals surface area contributed by atoms with Gasteiger partial charge in [-0.15, -0.1) is 12.4 Å². The van der Waals surface area contributed by atoms with Crippen LogP contribution in [0.4, 0.5) is 0 Å². The SMILES string of the molecule is COc1ccc2c(=O)n(CC(=O)N3CC[C@H]4CNC[C@H]43)ccc2c1OC.Cl. The predicted molar refractivity (Wildman–Crippen MR) is 105 cm³/mol. The first-order valence-electron chi connectivity index (χ1n) is 8.88. The second-order valence-corrected chi connectivity index (χ2v) is 6.87. The van der Waals surface area contributed by atoms with Gasteiger partial charge < -0.3 is 24.3 Å². The van der Waals surface area contributed by atoms with Gasteiger partial charge in [0.15, 0.2) is 11.5 Å². The van der Waals surface area contributed by atoms with Crippen molar-refractivity contribution in [1.29, 1.82) is 0 Å². The average molecular weight is 394 g/mol. The summed E-state index contributed by atoms with van der Waals surface area (Å²) in [5.41, 5.74) is -0.197. The predicted octanol–water partition coefficient (Wildman–Crippen LogP) is 1.26. The van der Waals surface area contributed by atoms with Crippen molar-refractivity contribution in [2.45, 2.75) is 19.0 Å². The lowest BCUT2D eigenvalue weighted by atomic mass is 10.1. The summed E-state index contributed by atoms with van der Waals surface area (Å²) in [7, 11) is 3.11. The van der Waals surface area contributed by atoms with Gasteiger partial charge in [-0.3, -0.25) is 9.59 Å². The molecule has 1 amide bonds. The van der Waals surface area contributed by atoms with E-state index < -0.39 is 0 Å². The van der Waals surface area contributed by atoms with Gasteiger partial charge in [-0.2, -0.15) is 0 Å². The van der Waals surface area contributed by atoms with E-state index in [1.807, 2.05) is 4.90 Å². The summed E-state index contributed by atoms with van der Waals surface area (Å²) in [4.78, 5) is 27.5. The van der Waals surface area contributed by atoms with Gasteiger partial charge in [0.25, 0.3) is 5.56 Å². The van der Waals surface area contributed by atoms with Gasteiger partial charge in [-0.1, -0.05) is 0 Å². The van der Waals surface area contributed by atoms with E-state index in [1.165, 1.54) is 4.57 Å². The van der Waals surface area contributed by atoms with E-state index in [1.54, 1.807) is 38.6 Å². The van der Waals surface area contributed by atoms with Crippen LogP contribution < -0.4 is 20.3 Å². The summed E-state index contributed by atoms with van der Waals surface area (Å²) in [6.45, 7) is 2.67. The molecule has 0 aliphatic carbocycles. The van der Waals surface area contributed by atoms with Crippen molar-refractivity contribution in [3.8, 4) is 11.5 Å². The summed E-state index contributed by atoms with van der Waals surface area (Å²) in [6.07, 6.45) is 2.69. The third-order valence-electron chi connectivity index (χ3n) is 5.57. The zero-order valence-corrected chi connectivity index (χ0v) is 16.3. The Morgan fingerprint density at radius 3 is 2.74 bits per heavy atom. The van der Waals surface area contributed by atoms with E-state index in [-0.39, 0.29) is 36.5 Å². The molecule has 1 aromatic heterocycles. The van der Waals surface area contributed by atoms with Crippen LogP contribution in [-0.2, 0) is 11.3 Å². The number of methoxy groups -OCH3 is 2. The maximum absolute atomic E-state index is 12.9. The van der Waals surface area contributed by atoms with Crippen molar-refractivity contribution in [3.63, 3.8) is 0 Å². The number of fused-ring (bicyclic) bond motifs is 2. The second kappa shape index (κ2) is 7.78. The molecule has 2 fully saturated rings. The van der Waals surface area contributed by atoms with Crippen molar-refractivity contribution in [2.24, 2.45) is 5.92 Å². The van der Waals surface area contributed by atoms with E-state index in [9.17, 15) is 9.59 Å². The van der Waals surface area contributed by atoms with Gasteiger partial charge in [0, 0.05) is 37.3 Å². The smallest absolute Gasteiger partial charge is 0.259 e. The lowest BCUT2D eigenvalue weighted by Crippen LogP contribution is -2.42. The number of carbonyl (C=O) groups is 1. The molecule has 146 valence electrons. The molecule has 2 aromatic rings. The summed E-state index contributed by atoms with van der Waals surface area (Å²) in [5.74, 6) is 1.65. The second-order valence-electron chi connectivity index (χ2n) is 6.87. The molecule has 27 heavy (non-hydrogen) atoms. The number of nitrogens with one attached hydrogen (secondary N) is 1. The van der Waals surface area contributed by atoms with E-state index in [0.29, 0.717) is 28.2 Å². The van der Waals surface area contributed by atoms with Crippen LogP contribution in [-0.4, -0.2) is 55.3 Å². The molecule has 0 spiro atoms. The van der Waals surface area contributed by atoms with Gasteiger partial charge in [0.05, 0.1) is 19.6 Å². The third kappa shape index (κ3) is 3.26. The minimum absolute atomic E-state index is 0. The first-order valence-corrected chi connectivity index (χ1v) is 8.88. The fraction of sp³-hybridized carbons (Fsp3) is 0.474. The minimum Gasteiger partial charge on any atom is -0.493 e. The molecule has 1 N–H and O–H groups in total. The number of nitrogens with zero attached hydrogens (tertiary/aromatic N) is 2. The molecule has 0 bridgehead atoms. The number of benzene rings is 1. The van der Waals surface area contributed by atoms with Crippen molar-refractivity contribution < 1.29 is 14.3 Å². The highest BCUT2D eigenvalue weighted by atomic mass is 35.5. The van der Waals surface area contributed by atoms with Crippen LogP contribution in [0, 0.1) is 5.92 Å². The highest BCUT2D eigenvalue weighted by Gasteiger charge is 2.39. The summed E-state index contributed by atoms with van der Waals surface area (Å²) in [5, 5.41) is 4.54. The summed E-state index contributed by atoms with van der Waals surface area (Å²) >= 11 is 0. The van der Waals surface area contributed by atoms with Crippen LogP contribution in [0.15, 0.2) is 29.2 Å². The van der Waals surface area contributed by atoms with Crippen LogP contribution in [0.25, 0.3) is 10.8 Å². The zero-order chi connectivity index (χ0) is 18.3. The molecular weight excluding hydrogens is 370 g/mol. The van der Waals surface area contributed by atoms with E-state index in [2.05, 4.69) is 5.32 Å². The molecule has 2 aliphatic rings. The van der Waals surface area contributed by atoms with Gasteiger partial charge in [-0.25, -0.2) is 0 Å². The van der Waals surface area contributed by atoms with Crippen LogP contribution in [0.5, 0.6) is 11.5 Å². The first-order chi connectivity index (χ1) is 12.6. The third-order valence-corrected chi connectivity index (χ3v) is 5.57. The number of hydrogen-bond acceptors (Lipinski definition) is 5. The Bertz CT molecular complexity index is 914. The van der Waals surface area contributed by atoms with Gasteiger partial charge in [-0.05, 0) is 30.5 Å². The molecule has 2 aliphatic heterocycles. The molecule has 2 saturated heterocycles. The van der Waals surface area contributed by atoms with E-state index in [4.69, 9.17) is 9.47 Å². The van der Waals surface area contributed by atoms with Crippen LogP contribution >= 0.6 is 12.4 Å². The fourth-order valence-electron chi connectivity index (χ4n) is 4.21. The molecule has 0 unspecified atom stereocenters. The zero-order valence-electron chi connectivity index (χ0n) is 15.4.